The Morgan fingerprint density at radius 3 is 2.29 bits per heavy atom. The minimum atomic E-state index is -3.74. The largest absolute Gasteiger partial charge is 0.393 e. The maximum Gasteiger partial charge on any atom is 0.197 e. The molecule has 17 heavy (non-hydrogen) atoms. The highest BCUT2D eigenvalue weighted by Crippen LogP contribution is 2.42. The fraction of sp³-hybridized carbons (Fsp3) is 0.364. The molecular weight excluding hydrogens is 262 g/mol. The smallest absolute Gasteiger partial charge is 0.197 e. The summed E-state index contributed by atoms with van der Waals surface area (Å²) in [4.78, 5) is 0.0651. The molecule has 2 rings (SSSR count). The van der Waals surface area contributed by atoms with Crippen molar-refractivity contribution >= 4 is 21.4 Å². The van der Waals surface area contributed by atoms with Crippen molar-refractivity contribution in [2.75, 3.05) is 0 Å². The number of aliphatic hydroxyl groups is 1. The topological polar surface area (TPSA) is 78.2 Å². The number of rotatable bonds is 2. The molecule has 0 atom stereocenters. The normalized spacial score (nSPS) is 28.2. The standard InChI is InChI=1S/C11H10ClNO3S/c12-8-1-3-10(4-2-8)17(15,16)11(7-13)5-9(14)6-11/h1-4,9,14H,5-6H2. The molecule has 0 bridgehead atoms. The maximum atomic E-state index is 12.2. The molecule has 0 heterocycles. The van der Waals surface area contributed by atoms with Gasteiger partial charge in [0, 0.05) is 17.9 Å². The number of nitrogens with zero attached hydrogens (tertiary/aromatic N) is 1. The predicted octanol–water partition coefficient (Wildman–Crippen LogP) is 1.53. The first-order valence-corrected chi connectivity index (χ1v) is 6.87. The molecule has 0 aliphatic heterocycles. The van der Waals surface area contributed by atoms with Gasteiger partial charge in [0.25, 0.3) is 0 Å². The third kappa shape index (κ3) is 1.82. The van der Waals surface area contributed by atoms with Crippen LogP contribution in [0.25, 0.3) is 0 Å². The molecule has 6 heteroatoms. The van der Waals surface area contributed by atoms with E-state index >= 15 is 0 Å². The minimum Gasteiger partial charge on any atom is -0.393 e. The zero-order valence-corrected chi connectivity index (χ0v) is 10.4. The zero-order chi connectivity index (χ0) is 12.7. The molecule has 1 aromatic carbocycles. The number of sulfone groups is 1. The van der Waals surface area contributed by atoms with Crippen molar-refractivity contribution < 1.29 is 13.5 Å². The maximum absolute atomic E-state index is 12.2. The van der Waals surface area contributed by atoms with Crippen molar-refractivity contribution in [2.24, 2.45) is 0 Å². The Bertz CT molecular complexity index is 568. The second-order valence-electron chi connectivity index (χ2n) is 4.13. The fourth-order valence-electron chi connectivity index (χ4n) is 1.91. The lowest BCUT2D eigenvalue weighted by Crippen LogP contribution is -2.51. The van der Waals surface area contributed by atoms with E-state index in [1.807, 2.05) is 6.07 Å². The molecule has 0 saturated heterocycles. The Morgan fingerprint density at radius 2 is 1.88 bits per heavy atom. The number of halogens is 1. The lowest BCUT2D eigenvalue weighted by Gasteiger charge is -2.38. The lowest BCUT2D eigenvalue weighted by atomic mass is 9.82. The third-order valence-corrected chi connectivity index (χ3v) is 5.57. The molecule has 0 radical (unpaired) electrons. The Hall–Kier alpha value is -1.09. The summed E-state index contributed by atoms with van der Waals surface area (Å²) in [5, 5.41) is 18.7. The highest BCUT2D eigenvalue weighted by Gasteiger charge is 2.55. The van der Waals surface area contributed by atoms with Gasteiger partial charge in [-0.15, -0.1) is 0 Å². The van der Waals surface area contributed by atoms with Gasteiger partial charge in [0.1, 0.15) is 0 Å². The summed E-state index contributed by atoms with van der Waals surface area (Å²) in [6.07, 6.45) is -0.778. The molecule has 1 aliphatic carbocycles. The van der Waals surface area contributed by atoms with E-state index in [1.165, 1.54) is 24.3 Å². The molecule has 1 saturated carbocycles. The number of hydrogen-bond donors (Lipinski definition) is 1. The second kappa shape index (κ2) is 3.98. The Labute approximate surface area is 104 Å². The van der Waals surface area contributed by atoms with Gasteiger partial charge < -0.3 is 5.11 Å². The molecule has 0 amide bonds. The van der Waals surface area contributed by atoms with Gasteiger partial charge in [0.2, 0.25) is 0 Å². The van der Waals surface area contributed by atoms with Gasteiger partial charge in [-0.3, -0.25) is 0 Å². The van der Waals surface area contributed by atoms with Crippen LogP contribution < -0.4 is 0 Å². The molecule has 0 aromatic heterocycles. The summed E-state index contributed by atoms with van der Waals surface area (Å²) in [5.41, 5.74) is 0. The van der Waals surface area contributed by atoms with Crippen LogP contribution in [0.4, 0.5) is 0 Å². The SMILES string of the molecule is N#CC1(S(=O)(=O)c2ccc(Cl)cc2)CC(O)C1. The number of nitriles is 1. The summed E-state index contributed by atoms with van der Waals surface area (Å²) < 4.78 is 23.0. The molecule has 0 unspecified atom stereocenters. The number of aliphatic hydroxyl groups excluding tert-OH is 1. The van der Waals surface area contributed by atoms with Crippen LogP contribution in [-0.4, -0.2) is 24.4 Å². The highest BCUT2D eigenvalue weighted by molar-refractivity contribution is 7.93. The second-order valence-corrected chi connectivity index (χ2v) is 6.82. The zero-order valence-electron chi connectivity index (χ0n) is 8.80. The van der Waals surface area contributed by atoms with E-state index in [9.17, 15) is 13.5 Å². The van der Waals surface area contributed by atoms with Gasteiger partial charge in [0.05, 0.1) is 17.1 Å². The first-order chi connectivity index (χ1) is 7.91. The average Bonchev–Trinajstić information content (AvgIpc) is 2.24. The van der Waals surface area contributed by atoms with Gasteiger partial charge in [-0.2, -0.15) is 5.26 Å². The van der Waals surface area contributed by atoms with E-state index in [0.717, 1.165) is 0 Å². The van der Waals surface area contributed by atoms with Crippen LogP contribution >= 0.6 is 11.6 Å². The number of benzene rings is 1. The van der Waals surface area contributed by atoms with Crippen molar-refractivity contribution in [1.29, 1.82) is 5.26 Å². The third-order valence-electron chi connectivity index (χ3n) is 2.97. The molecule has 0 spiro atoms. The summed E-state index contributed by atoms with van der Waals surface area (Å²) in [6, 6.07) is 7.50. The van der Waals surface area contributed by atoms with Crippen LogP contribution in [0.5, 0.6) is 0 Å². The Balaban J connectivity index is 2.44. The molecule has 90 valence electrons. The van der Waals surface area contributed by atoms with Crippen molar-refractivity contribution in [3.05, 3.63) is 29.3 Å². The fourth-order valence-corrected chi connectivity index (χ4v) is 3.93. The van der Waals surface area contributed by atoms with Crippen LogP contribution in [0.1, 0.15) is 12.8 Å². The van der Waals surface area contributed by atoms with Gasteiger partial charge >= 0.3 is 0 Å². The van der Waals surface area contributed by atoms with E-state index in [4.69, 9.17) is 16.9 Å². The van der Waals surface area contributed by atoms with Crippen molar-refractivity contribution in [1.82, 2.24) is 0 Å². The van der Waals surface area contributed by atoms with Crippen molar-refractivity contribution in [3.8, 4) is 6.07 Å². The van der Waals surface area contributed by atoms with Gasteiger partial charge in [-0.05, 0) is 24.3 Å². The van der Waals surface area contributed by atoms with E-state index in [2.05, 4.69) is 0 Å². The minimum absolute atomic E-state index is 0.0333. The molecule has 1 aliphatic rings. The summed E-state index contributed by atoms with van der Waals surface area (Å²) >= 11 is 5.68. The van der Waals surface area contributed by atoms with Gasteiger partial charge in [0.15, 0.2) is 14.6 Å². The first-order valence-electron chi connectivity index (χ1n) is 5.01. The Kier molecular flexibility index (Phi) is 2.90. The monoisotopic (exact) mass is 271 g/mol. The van der Waals surface area contributed by atoms with E-state index in [-0.39, 0.29) is 17.7 Å². The molecular formula is C11H10ClNO3S. The van der Waals surface area contributed by atoms with E-state index in [0.29, 0.717) is 5.02 Å². The molecule has 1 aromatic rings. The average molecular weight is 272 g/mol. The molecule has 1 fully saturated rings. The summed E-state index contributed by atoms with van der Waals surface area (Å²) in [7, 11) is -3.74. The Morgan fingerprint density at radius 1 is 1.35 bits per heavy atom. The van der Waals surface area contributed by atoms with Crippen molar-refractivity contribution in [2.45, 2.75) is 28.6 Å². The number of hydrogen-bond acceptors (Lipinski definition) is 4. The van der Waals surface area contributed by atoms with Crippen LogP contribution in [0.15, 0.2) is 29.2 Å². The van der Waals surface area contributed by atoms with E-state index < -0.39 is 20.7 Å². The molecule has 4 nitrogen and oxygen atoms in total. The predicted molar refractivity (Wildman–Crippen MR) is 62.2 cm³/mol. The summed E-state index contributed by atoms with van der Waals surface area (Å²) in [5.74, 6) is 0. The molecule has 1 N–H and O–H groups in total. The van der Waals surface area contributed by atoms with Gasteiger partial charge in [-0.25, -0.2) is 8.42 Å². The van der Waals surface area contributed by atoms with Crippen LogP contribution in [0.2, 0.25) is 5.02 Å². The van der Waals surface area contributed by atoms with E-state index in [1.54, 1.807) is 0 Å². The first kappa shape index (κ1) is 12.4. The summed E-state index contributed by atoms with van der Waals surface area (Å²) in [6.45, 7) is 0. The van der Waals surface area contributed by atoms with Gasteiger partial charge in [-0.1, -0.05) is 11.6 Å². The quantitative estimate of drug-likeness (QED) is 0.885. The van der Waals surface area contributed by atoms with Crippen LogP contribution in [0, 0.1) is 11.3 Å². The highest BCUT2D eigenvalue weighted by atomic mass is 35.5. The van der Waals surface area contributed by atoms with Crippen LogP contribution in [-0.2, 0) is 9.84 Å². The van der Waals surface area contributed by atoms with Crippen molar-refractivity contribution in [3.63, 3.8) is 0 Å². The van der Waals surface area contributed by atoms with Crippen LogP contribution in [0.3, 0.4) is 0 Å². The lowest BCUT2D eigenvalue weighted by molar-refractivity contribution is 0.0764.